The second kappa shape index (κ2) is 4.23. The van der Waals surface area contributed by atoms with Crippen LogP contribution in [0.25, 0.3) is 10.9 Å². The number of hydrogen-bond acceptors (Lipinski definition) is 4. The van der Waals surface area contributed by atoms with Crippen LogP contribution in [0.5, 0.6) is 0 Å². The number of Topliss-reactive ketones (excluding diaryl/α,β-unsaturated/α-hetero) is 1. The maximum absolute atomic E-state index is 12.0. The molecule has 19 heavy (non-hydrogen) atoms. The van der Waals surface area contributed by atoms with Crippen molar-refractivity contribution in [1.82, 2.24) is 4.98 Å². The molecule has 0 aliphatic heterocycles. The minimum absolute atomic E-state index is 0.128. The summed E-state index contributed by atoms with van der Waals surface area (Å²) in [6.45, 7) is 0. The molecule has 1 heterocycles. The van der Waals surface area contributed by atoms with E-state index in [1.807, 2.05) is 37.2 Å². The number of hydrogen-bond donors (Lipinski definition) is 1. The van der Waals surface area contributed by atoms with Crippen LogP contribution in [0.3, 0.4) is 0 Å². The molecule has 2 aromatic rings. The first-order valence-electron chi connectivity index (χ1n) is 6.50. The van der Waals surface area contributed by atoms with E-state index in [9.17, 15) is 4.79 Å². The van der Waals surface area contributed by atoms with Crippen molar-refractivity contribution in [2.45, 2.75) is 19.3 Å². The molecular weight excluding hydrogens is 238 g/mol. The monoisotopic (exact) mass is 255 g/mol. The number of aryl methyl sites for hydroxylation is 1. The van der Waals surface area contributed by atoms with Gasteiger partial charge in [-0.15, -0.1) is 0 Å². The molecule has 0 bridgehead atoms. The van der Waals surface area contributed by atoms with Gasteiger partial charge < -0.3 is 10.6 Å². The van der Waals surface area contributed by atoms with Gasteiger partial charge in [0.1, 0.15) is 0 Å². The van der Waals surface area contributed by atoms with Crippen molar-refractivity contribution in [3.63, 3.8) is 0 Å². The molecule has 4 heteroatoms. The van der Waals surface area contributed by atoms with Gasteiger partial charge in [-0.1, -0.05) is 0 Å². The molecule has 1 aliphatic rings. The van der Waals surface area contributed by atoms with Gasteiger partial charge in [0.2, 0.25) is 0 Å². The summed E-state index contributed by atoms with van der Waals surface area (Å²) in [5, 5.41) is 0.875. The molecule has 1 aliphatic carbocycles. The molecule has 0 fully saturated rings. The highest BCUT2D eigenvalue weighted by Gasteiger charge is 2.23. The average Bonchev–Trinajstić information content (AvgIpc) is 2.38. The first kappa shape index (κ1) is 12.0. The summed E-state index contributed by atoms with van der Waals surface area (Å²) in [4.78, 5) is 18.7. The Labute approximate surface area is 112 Å². The molecule has 0 unspecified atom stereocenters. The molecule has 0 saturated heterocycles. The van der Waals surface area contributed by atoms with Crippen molar-refractivity contribution >= 4 is 28.1 Å². The number of rotatable bonds is 1. The Morgan fingerprint density at radius 3 is 2.79 bits per heavy atom. The van der Waals surface area contributed by atoms with E-state index in [4.69, 9.17) is 5.73 Å². The topological polar surface area (TPSA) is 59.2 Å². The Bertz CT molecular complexity index is 677. The van der Waals surface area contributed by atoms with E-state index in [-0.39, 0.29) is 5.78 Å². The lowest BCUT2D eigenvalue weighted by molar-refractivity contribution is 0.0973. The van der Waals surface area contributed by atoms with E-state index < -0.39 is 0 Å². The zero-order chi connectivity index (χ0) is 13.6. The highest BCUT2D eigenvalue weighted by molar-refractivity contribution is 6.09. The van der Waals surface area contributed by atoms with Crippen LogP contribution in [-0.4, -0.2) is 24.9 Å². The van der Waals surface area contributed by atoms with Gasteiger partial charge >= 0.3 is 0 Å². The second-order valence-electron chi connectivity index (χ2n) is 5.22. The number of pyridine rings is 1. The number of fused-ring (bicyclic) bond motifs is 2. The van der Waals surface area contributed by atoms with Crippen molar-refractivity contribution in [1.29, 1.82) is 0 Å². The molecule has 1 aromatic carbocycles. The van der Waals surface area contributed by atoms with Crippen molar-refractivity contribution < 1.29 is 4.79 Å². The van der Waals surface area contributed by atoms with Gasteiger partial charge in [-0.2, -0.15) is 0 Å². The molecule has 0 spiro atoms. The van der Waals surface area contributed by atoms with Crippen LogP contribution in [0.4, 0.5) is 11.4 Å². The minimum atomic E-state index is 0.128. The summed E-state index contributed by atoms with van der Waals surface area (Å²) in [5.41, 5.74) is 10.3. The fourth-order valence-electron chi connectivity index (χ4n) is 2.64. The number of carbonyl (C=O) groups is 1. The van der Waals surface area contributed by atoms with E-state index in [0.29, 0.717) is 17.7 Å². The Balaban J connectivity index is 2.31. The summed E-state index contributed by atoms with van der Waals surface area (Å²) >= 11 is 0. The molecular formula is C15H17N3O. The molecule has 0 radical (unpaired) electrons. The van der Waals surface area contributed by atoms with Crippen molar-refractivity contribution in [2.75, 3.05) is 24.7 Å². The Morgan fingerprint density at radius 1 is 1.26 bits per heavy atom. The standard InChI is InChI=1S/C15H17N3O/c1-18(2)9-6-7-11-10(8-9)15(16)14-12(17-11)4-3-5-13(14)19/h6-8H,3-5H2,1-2H3,(H2,16,17). The van der Waals surface area contributed by atoms with Crippen molar-refractivity contribution in [3.05, 3.63) is 29.5 Å². The van der Waals surface area contributed by atoms with E-state index >= 15 is 0 Å². The van der Waals surface area contributed by atoms with Gasteiger partial charge in [-0.3, -0.25) is 9.78 Å². The van der Waals surface area contributed by atoms with Crippen LogP contribution in [-0.2, 0) is 6.42 Å². The zero-order valence-electron chi connectivity index (χ0n) is 11.2. The number of ketones is 1. The second-order valence-corrected chi connectivity index (χ2v) is 5.22. The largest absolute Gasteiger partial charge is 0.398 e. The SMILES string of the molecule is CN(C)c1ccc2nc3c(c(N)c2c1)C(=O)CCC3. The molecule has 0 saturated carbocycles. The molecule has 4 nitrogen and oxygen atoms in total. The molecule has 3 rings (SSSR count). The summed E-state index contributed by atoms with van der Waals surface area (Å²) in [6, 6.07) is 5.99. The van der Waals surface area contributed by atoms with Gasteiger partial charge in [0.15, 0.2) is 5.78 Å². The van der Waals surface area contributed by atoms with Crippen LogP contribution < -0.4 is 10.6 Å². The third-order valence-corrected chi connectivity index (χ3v) is 3.70. The molecule has 98 valence electrons. The van der Waals surface area contributed by atoms with E-state index in [1.165, 1.54) is 0 Å². The van der Waals surface area contributed by atoms with Crippen molar-refractivity contribution in [2.24, 2.45) is 0 Å². The first-order valence-corrected chi connectivity index (χ1v) is 6.50. The fourth-order valence-corrected chi connectivity index (χ4v) is 2.64. The van der Waals surface area contributed by atoms with Gasteiger partial charge in [-0.25, -0.2) is 0 Å². The maximum Gasteiger partial charge on any atom is 0.166 e. The van der Waals surface area contributed by atoms with Crippen LogP contribution >= 0.6 is 0 Å². The fraction of sp³-hybridized carbons (Fsp3) is 0.333. The van der Waals surface area contributed by atoms with Crippen molar-refractivity contribution in [3.8, 4) is 0 Å². The van der Waals surface area contributed by atoms with Gasteiger partial charge in [0.05, 0.1) is 22.5 Å². The molecule has 0 atom stereocenters. The quantitative estimate of drug-likeness (QED) is 0.850. The van der Waals surface area contributed by atoms with E-state index in [2.05, 4.69) is 4.98 Å². The molecule has 2 N–H and O–H groups in total. The van der Waals surface area contributed by atoms with E-state index in [1.54, 1.807) is 0 Å². The number of nitrogens with zero attached hydrogens (tertiary/aromatic N) is 2. The molecule has 1 aromatic heterocycles. The number of benzene rings is 1. The third-order valence-electron chi connectivity index (χ3n) is 3.70. The normalized spacial score (nSPS) is 14.5. The number of nitrogen functional groups attached to an aromatic ring is 1. The summed E-state index contributed by atoms with van der Waals surface area (Å²) in [7, 11) is 3.96. The Kier molecular flexibility index (Phi) is 2.66. The minimum Gasteiger partial charge on any atom is -0.398 e. The summed E-state index contributed by atoms with van der Waals surface area (Å²) < 4.78 is 0. The van der Waals surface area contributed by atoms with Crippen LogP contribution in [0.15, 0.2) is 18.2 Å². The van der Waals surface area contributed by atoms with Crippen LogP contribution in [0, 0.1) is 0 Å². The predicted molar refractivity (Wildman–Crippen MR) is 77.8 cm³/mol. The van der Waals surface area contributed by atoms with Gasteiger partial charge in [-0.05, 0) is 31.0 Å². The lowest BCUT2D eigenvalue weighted by Gasteiger charge is -2.19. The number of aromatic nitrogens is 1. The van der Waals surface area contributed by atoms with Crippen LogP contribution in [0.2, 0.25) is 0 Å². The maximum atomic E-state index is 12.0. The number of nitrogens with two attached hydrogens (primary N) is 1. The highest BCUT2D eigenvalue weighted by atomic mass is 16.1. The number of carbonyl (C=O) groups excluding carboxylic acids is 1. The van der Waals surface area contributed by atoms with Gasteiger partial charge in [0, 0.05) is 31.6 Å². The lowest BCUT2D eigenvalue weighted by atomic mass is 9.92. The lowest BCUT2D eigenvalue weighted by Crippen LogP contribution is -2.16. The smallest absolute Gasteiger partial charge is 0.166 e. The molecule has 0 amide bonds. The zero-order valence-corrected chi connectivity index (χ0v) is 11.2. The Hall–Kier alpha value is -2.10. The van der Waals surface area contributed by atoms with E-state index in [0.717, 1.165) is 35.1 Å². The average molecular weight is 255 g/mol. The number of anilines is 2. The van der Waals surface area contributed by atoms with Gasteiger partial charge in [0.25, 0.3) is 0 Å². The third kappa shape index (κ3) is 1.84. The Morgan fingerprint density at radius 2 is 2.05 bits per heavy atom. The summed E-state index contributed by atoms with van der Waals surface area (Å²) in [5.74, 6) is 0.128. The predicted octanol–water partition coefficient (Wildman–Crippen LogP) is 2.40. The summed E-state index contributed by atoms with van der Waals surface area (Å²) in [6.07, 6.45) is 2.30. The highest BCUT2D eigenvalue weighted by Crippen LogP contribution is 2.32. The van der Waals surface area contributed by atoms with Crippen LogP contribution in [0.1, 0.15) is 28.9 Å². The first-order chi connectivity index (χ1) is 9.08.